The van der Waals surface area contributed by atoms with Gasteiger partial charge in [0.25, 0.3) is 10.0 Å². The minimum Gasteiger partial charge on any atom is -0.354 e. The zero-order valence-corrected chi connectivity index (χ0v) is 27.7. The van der Waals surface area contributed by atoms with Gasteiger partial charge in [0.05, 0.1) is 20.6 Å². The molecule has 0 aliphatic rings. The number of rotatable bonds is 14. The molecule has 45 heavy (non-hydrogen) atoms. The van der Waals surface area contributed by atoms with E-state index in [2.05, 4.69) is 5.32 Å². The molecular formula is C35H37Cl2N3O4S. The summed E-state index contributed by atoms with van der Waals surface area (Å²) in [6, 6.07) is 28.5. The molecule has 0 bridgehead atoms. The first-order valence-electron chi connectivity index (χ1n) is 14.8. The molecule has 7 nitrogen and oxygen atoms in total. The first-order valence-corrected chi connectivity index (χ1v) is 17.0. The highest BCUT2D eigenvalue weighted by Gasteiger charge is 2.35. The maximum absolute atomic E-state index is 14.5. The van der Waals surface area contributed by atoms with Crippen LogP contribution in [0.15, 0.2) is 108 Å². The van der Waals surface area contributed by atoms with Crippen LogP contribution in [0.1, 0.15) is 36.5 Å². The van der Waals surface area contributed by atoms with Gasteiger partial charge in [-0.1, -0.05) is 109 Å². The molecule has 2 amide bonds. The minimum absolute atomic E-state index is 0.00692. The van der Waals surface area contributed by atoms with E-state index >= 15 is 0 Å². The van der Waals surface area contributed by atoms with Crippen LogP contribution in [0.3, 0.4) is 0 Å². The molecule has 0 aliphatic carbocycles. The zero-order chi connectivity index (χ0) is 32.4. The van der Waals surface area contributed by atoms with Gasteiger partial charge in [-0.2, -0.15) is 0 Å². The predicted molar refractivity (Wildman–Crippen MR) is 181 cm³/mol. The van der Waals surface area contributed by atoms with Crippen LogP contribution in [0.2, 0.25) is 10.0 Å². The van der Waals surface area contributed by atoms with Crippen molar-refractivity contribution in [3.63, 3.8) is 0 Å². The highest BCUT2D eigenvalue weighted by molar-refractivity contribution is 7.92. The first-order chi connectivity index (χ1) is 21.6. The largest absolute Gasteiger partial charge is 0.354 e. The molecule has 4 aromatic carbocycles. The Morgan fingerprint density at radius 3 is 2.13 bits per heavy atom. The number of hydrogen-bond acceptors (Lipinski definition) is 4. The van der Waals surface area contributed by atoms with Crippen molar-refractivity contribution in [1.29, 1.82) is 0 Å². The molecule has 0 heterocycles. The number of unbranched alkanes of at least 4 members (excludes halogenated alkanes) is 1. The summed E-state index contributed by atoms with van der Waals surface area (Å²) in [5.74, 6) is -0.850. The molecule has 0 radical (unpaired) electrons. The van der Waals surface area contributed by atoms with E-state index in [-0.39, 0.29) is 39.5 Å². The first kappa shape index (κ1) is 34.0. The van der Waals surface area contributed by atoms with Crippen molar-refractivity contribution in [3.8, 4) is 0 Å². The van der Waals surface area contributed by atoms with Crippen molar-refractivity contribution in [2.45, 2.75) is 50.6 Å². The lowest BCUT2D eigenvalue weighted by Gasteiger charge is -2.34. The second kappa shape index (κ2) is 15.9. The number of carbonyl (C=O) groups is 2. The Balaban J connectivity index is 1.81. The van der Waals surface area contributed by atoms with Gasteiger partial charge < -0.3 is 10.2 Å². The fourth-order valence-corrected chi connectivity index (χ4v) is 6.64. The zero-order valence-electron chi connectivity index (χ0n) is 25.3. The SMILES string of the molecule is CCCCNC(=O)[C@@H](Cc1ccccc1)N(Cc1ccccc1C)C(=O)CN(c1ccc(Cl)c(Cl)c1)S(=O)(=O)c1ccccc1. The van der Waals surface area contributed by atoms with Gasteiger partial charge >= 0.3 is 0 Å². The molecule has 0 unspecified atom stereocenters. The number of halogens is 2. The maximum Gasteiger partial charge on any atom is 0.264 e. The number of carbonyl (C=O) groups excluding carboxylic acids is 2. The third-order valence-corrected chi connectivity index (χ3v) is 10.0. The summed E-state index contributed by atoms with van der Waals surface area (Å²) < 4.78 is 29.2. The van der Waals surface area contributed by atoms with E-state index in [1.54, 1.807) is 18.2 Å². The Bertz CT molecular complexity index is 1700. The van der Waals surface area contributed by atoms with Gasteiger partial charge in [-0.25, -0.2) is 8.42 Å². The lowest BCUT2D eigenvalue weighted by atomic mass is 10.0. The lowest BCUT2D eigenvalue weighted by Crippen LogP contribution is -2.53. The highest BCUT2D eigenvalue weighted by Crippen LogP contribution is 2.31. The average molecular weight is 667 g/mol. The van der Waals surface area contributed by atoms with Crippen LogP contribution in [0, 0.1) is 6.92 Å². The Hall–Kier alpha value is -3.85. The number of nitrogens with zero attached hydrogens (tertiary/aromatic N) is 2. The molecule has 236 valence electrons. The number of nitrogens with one attached hydrogen (secondary N) is 1. The van der Waals surface area contributed by atoms with Crippen molar-refractivity contribution in [2.75, 3.05) is 17.4 Å². The van der Waals surface area contributed by atoms with E-state index in [1.807, 2.05) is 68.4 Å². The fourth-order valence-electron chi connectivity index (χ4n) is 4.92. The molecule has 0 spiro atoms. The summed E-state index contributed by atoms with van der Waals surface area (Å²) in [6.45, 7) is 3.96. The van der Waals surface area contributed by atoms with Crippen molar-refractivity contribution >= 4 is 50.7 Å². The van der Waals surface area contributed by atoms with Crippen molar-refractivity contribution < 1.29 is 18.0 Å². The van der Waals surface area contributed by atoms with Crippen LogP contribution in [0.5, 0.6) is 0 Å². The quantitative estimate of drug-likeness (QED) is 0.146. The molecule has 0 aromatic heterocycles. The minimum atomic E-state index is -4.23. The molecule has 0 saturated carbocycles. The number of benzene rings is 4. The van der Waals surface area contributed by atoms with E-state index in [1.165, 1.54) is 35.2 Å². The number of anilines is 1. The summed E-state index contributed by atoms with van der Waals surface area (Å²) in [6.07, 6.45) is 1.93. The number of aryl methyl sites for hydroxylation is 1. The Kier molecular flexibility index (Phi) is 12.0. The van der Waals surface area contributed by atoms with Crippen LogP contribution in [-0.2, 0) is 32.6 Å². The van der Waals surface area contributed by atoms with Crippen LogP contribution < -0.4 is 9.62 Å². The van der Waals surface area contributed by atoms with Gasteiger partial charge in [0.1, 0.15) is 12.6 Å². The Morgan fingerprint density at radius 1 is 0.844 bits per heavy atom. The van der Waals surface area contributed by atoms with Gasteiger partial charge in [0.2, 0.25) is 11.8 Å². The third-order valence-electron chi connectivity index (χ3n) is 7.50. The fraction of sp³-hybridized carbons (Fsp3) is 0.257. The molecule has 1 N–H and O–H groups in total. The van der Waals surface area contributed by atoms with Crippen LogP contribution >= 0.6 is 23.2 Å². The number of hydrogen-bond donors (Lipinski definition) is 1. The van der Waals surface area contributed by atoms with Crippen molar-refractivity contribution in [2.24, 2.45) is 0 Å². The van der Waals surface area contributed by atoms with Gasteiger partial charge in [-0.05, 0) is 60.4 Å². The standard InChI is InChI=1S/C35H37Cl2N3O4S/c1-3-4-21-38-35(42)33(22-27-14-7-5-8-15-27)39(24-28-16-12-11-13-26(28)2)34(41)25-40(29-19-20-31(36)32(37)23-29)45(43,44)30-17-9-6-10-18-30/h5-20,23,33H,3-4,21-22,24-25H2,1-2H3,(H,38,42)/t33-/m1/s1. The van der Waals surface area contributed by atoms with Gasteiger partial charge in [0.15, 0.2) is 0 Å². The van der Waals surface area contributed by atoms with Crippen molar-refractivity contribution in [3.05, 3.63) is 130 Å². The predicted octanol–water partition coefficient (Wildman–Crippen LogP) is 7.05. The van der Waals surface area contributed by atoms with E-state index in [0.29, 0.717) is 6.54 Å². The molecule has 0 fully saturated rings. The van der Waals surface area contributed by atoms with Gasteiger partial charge in [-0.15, -0.1) is 0 Å². The van der Waals surface area contributed by atoms with Gasteiger partial charge in [0, 0.05) is 19.5 Å². The smallest absolute Gasteiger partial charge is 0.264 e. The molecule has 4 rings (SSSR count). The average Bonchev–Trinajstić information content (AvgIpc) is 3.04. The third kappa shape index (κ3) is 8.87. The van der Waals surface area contributed by atoms with E-state index in [0.717, 1.165) is 33.8 Å². The van der Waals surface area contributed by atoms with Crippen molar-refractivity contribution in [1.82, 2.24) is 10.2 Å². The second-order valence-electron chi connectivity index (χ2n) is 10.7. The molecule has 1 atom stereocenters. The molecular weight excluding hydrogens is 629 g/mol. The van der Waals surface area contributed by atoms with Crippen LogP contribution in [0.4, 0.5) is 5.69 Å². The lowest BCUT2D eigenvalue weighted by molar-refractivity contribution is -0.140. The summed E-state index contributed by atoms with van der Waals surface area (Å²) in [4.78, 5) is 29.8. The second-order valence-corrected chi connectivity index (χ2v) is 13.4. The molecule has 0 saturated heterocycles. The summed E-state index contributed by atoms with van der Waals surface area (Å²) in [5.41, 5.74) is 2.83. The number of amides is 2. The maximum atomic E-state index is 14.5. The van der Waals surface area contributed by atoms with Crippen LogP contribution in [0.25, 0.3) is 0 Å². The monoisotopic (exact) mass is 665 g/mol. The summed E-state index contributed by atoms with van der Waals surface area (Å²) in [7, 11) is -4.23. The molecule has 10 heteroatoms. The summed E-state index contributed by atoms with van der Waals surface area (Å²) >= 11 is 12.5. The Morgan fingerprint density at radius 2 is 1.49 bits per heavy atom. The Labute approximate surface area is 275 Å². The van der Waals surface area contributed by atoms with Crippen LogP contribution in [-0.4, -0.2) is 44.3 Å². The normalized spacial score (nSPS) is 11.9. The van der Waals surface area contributed by atoms with E-state index in [4.69, 9.17) is 23.2 Å². The molecule has 4 aromatic rings. The van der Waals surface area contributed by atoms with Gasteiger partial charge in [-0.3, -0.25) is 13.9 Å². The highest BCUT2D eigenvalue weighted by atomic mass is 35.5. The van der Waals surface area contributed by atoms with E-state index in [9.17, 15) is 18.0 Å². The summed E-state index contributed by atoms with van der Waals surface area (Å²) in [5, 5.41) is 3.39. The number of sulfonamides is 1. The van der Waals surface area contributed by atoms with E-state index < -0.39 is 28.5 Å². The topological polar surface area (TPSA) is 86.8 Å². The molecule has 0 aliphatic heterocycles.